The Balaban J connectivity index is 1.98. The van der Waals surface area contributed by atoms with Crippen molar-refractivity contribution in [2.45, 2.75) is 12.5 Å². The van der Waals surface area contributed by atoms with Crippen LogP contribution in [0.3, 0.4) is 0 Å². The molecule has 0 aliphatic carbocycles. The molecule has 0 N–H and O–H groups in total. The highest BCUT2D eigenvalue weighted by Gasteiger charge is 2.27. The van der Waals surface area contributed by atoms with Crippen LogP contribution in [0.25, 0.3) is 0 Å². The summed E-state index contributed by atoms with van der Waals surface area (Å²) in [6.07, 6.45) is 0.164. The van der Waals surface area contributed by atoms with Crippen LogP contribution in [0.4, 0.5) is 0 Å². The first-order valence-corrected chi connectivity index (χ1v) is 7.47. The lowest BCUT2D eigenvalue weighted by molar-refractivity contribution is 0.0850. The van der Waals surface area contributed by atoms with Crippen molar-refractivity contribution in [1.29, 1.82) is 0 Å². The van der Waals surface area contributed by atoms with E-state index in [9.17, 15) is 4.79 Å². The molecule has 0 saturated carbocycles. The fourth-order valence-electron chi connectivity index (χ4n) is 2.19. The Kier molecular flexibility index (Phi) is 3.46. The molecule has 1 atom stereocenters. The van der Waals surface area contributed by atoms with Crippen LogP contribution in [0.5, 0.6) is 5.75 Å². The van der Waals surface area contributed by atoms with Gasteiger partial charge in [-0.05, 0) is 35.9 Å². The molecular weight excluding hydrogens is 372 g/mol. The van der Waals surface area contributed by atoms with E-state index in [0.717, 1.165) is 14.5 Å². The summed E-state index contributed by atoms with van der Waals surface area (Å²) in [6, 6.07) is 13.4. The number of rotatable bonds is 1. The maximum Gasteiger partial charge on any atom is 0.170 e. The van der Waals surface area contributed by atoms with Crippen molar-refractivity contribution >= 4 is 37.6 Å². The van der Waals surface area contributed by atoms with Crippen molar-refractivity contribution in [2.24, 2.45) is 0 Å². The Morgan fingerprint density at radius 1 is 1.05 bits per heavy atom. The number of ether oxygens (including phenoxy) is 1. The molecule has 1 heterocycles. The van der Waals surface area contributed by atoms with Crippen molar-refractivity contribution in [1.82, 2.24) is 0 Å². The number of carbonyl (C=O) groups is 1. The first-order valence-electron chi connectivity index (χ1n) is 5.88. The number of benzene rings is 2. The molecule has 2 nitrogen and oxygen atoms in total. The monoisotopic (exact) mass is 380 g/mol. The summed E-state index contributed by atoms with van der Waals surface area (Å²) in [6.45, 7) is 0. The minimum atomic E-state index is -0.216. The van der Waals surface area contributed by atoms with E-state index >= 15 is 0 Å². The van der Waals surface area contributed by atoms with E-state index in [0.29, 0.717) is 17.7 Å². The van der Waals surface area contributed by atoms with Crippen molar-refractivity contribution in [3.05, 3.63) is 62.5 Å². The molecule has 2 aromatic rings. The number of Topliss-reactive ketones (excluding diaryl/α,β-unsaturated/α-hetero) is 1. The largest absolute Gasteiger partial charge is 0.484 e. The second-order valence-electron chi connectivity index (χ2n) is 4.43. The van der Waals surface area contributed by atoms with Gasteiger partial charge in [-0.2, -0.15) is 0 Å². The molecule has 0 radical (unpaired) electrons. The van der Waals surface area contributed by atoms with E-state index in [2.05, 4.69) is 31.9 Å². The van der Waals surface area contributed by atoms with Crippen LogP contribution in [0.2, 0.25) is 0 Å². The van der Waals surface area contributed by atoms with E-state index in [4.69, 9.17) is 4.74 Å². The summed E-state index contributed by atoms with van der Waals surface area (Å²) in [5, 5.41) is 0. The lowest BCUT2D eigenvalue weighted by atomic mass is 9.96. The number of carbonyl (C=O) groups excluding carboxylic acids is 1. The van der Waals surface area contributed by atoms with Crippen molar-refractivity contribution < 1.29 is 9.53 Å². The van der Waals surface area contributed by atoms with E-state index in [1.54, 1.807) is 6.07 Å². The number of ketones is 1. The first kappa shape index (κ1) is 12.9. The first-order chi connectivity index (χ1) is 9.13. The van der Waals surface area contributed by atoms with Gasteiger partial charge in [0.2, 0.25) is 0 Å². The quantitative estimate of drug-likeness (QED) is 0.700. The van der Waals surface area contributed by atoms with E-state index in [1.807, 2.05) is 36.4 Å². The third kappa shape index (κ3) is 2.60. The minimum absolute atomic E-state index is 0.124. The molecule has 0 saturated heterocycles. The van der Waals surface area contributed by atoms with Gasteiger partial charge in [0.1, 0.15) is 11.9 Å². The van der Waals surface area contributed by atoms with Crippen LogP contribution in [0.15, 0.2) is 51.4 Å². The molecule has 0 fully saturated rings. The van der Waals surface area contributed by atoms with Crippen molar-refractivity contribution in [2.75, 3.05) is 0 Å². The molecule has 0 spiro atoms. The number of fused-ring (bicyclic) bond motifs is 1. The highest BCUT2D eigenvalue weighted by molar-refractivity contribution is 9.10. The molecule has 1 aliphatic rings. The average molecular weight is 382 g/mol. The van der Waals surface area contributed by atoms with Crippen LogP contribution >= 0.6 is 31.9 Å². The summed E-state index contributed by atoms with van der Waals surface area (Å²) in [5.41, 5.74) is 1.67. The van der Waals surface area contributed by atoms with Crippen molar-refractivity contribution in [3.8, 4) is 5.75 Å². The molecule has 2 aromatic carbocycles. The summed E-state index contributed by atoms with van der Waals surface area (Å²) in [7, 11) is 0. The maximum atomic E-state index is 12.2. The Labute approximate surface area is 128 Å². The molecular formula is C15H10Br2O2. The molecule has 1 aliphatic heterocycles. The zero-order chi connectivity index (χ0) is 13.4. The number of halogens is 2. The second-order valence-corrected chi connectivity index (χ2v) is 6.26. The summed E-state index contributed by atoms with van der Waals surface area (Å²) in [4.78, 5) is 12.2. The lowest BCUT2D eigenvalue weighted by Crippen LogP contribution is -2.20. The van der Waals surface area contributed by atoms with Crippen LogP contribution in [-0.2, 0) is 0 Å². The fraction of sp³-hybridized carbons (Fsp3) is 0.133. The SMILES string of the molecule is O=C1CC(c2cccc(Br)c2)Oc2cc(Br)ccc21. The zero-order valence-corrected chi connectivity index (χ0v) is 13.1. The van der Waals surface area contributed by atoms with E-state index in [-0.39, 0.29) is 11.9 Å². The number of hydrogen-bond donors (Lipinski definition) is 0. The molecule has 3 rings (SSSR count). The molecule has 4 heteroatoms. The Morgan fingerprint density at radius 3 is 2.63 bits per heavy atom. The van der Waals surface area contributed by atoms with Crippen LogP contribution < -0.4 is 4.74 Å². The lowest BCUT2D eigenvalue weighted by Gasteiger charge is -2.25. The topological polar surface area (TPSA) is 26.3 Å². The third-order valence-electron chi connectivity index (χ3n) is 3.10. The smallest absolute Gasteiger partial charge is 0.170 e. The second kappa shape index (κ2) is 5.10. The van der Waals surface area contributed by atoms with E-state index in [1.165, 1.54) is 0 Å². The zero-order valence-electron chi connectivity index (χ0n) is 9.90. The highest BCUT2D eigenvalue weighted by atomic mass is 79.9. The standard InChI is InChI=1S/C15H10Br2O2/c16-10-3-1-2-9(6-10)14-8-13(18)12-5-4-11(17)7-15(12)19-14/h1-7,14H,8H2. The Bertz CT molecular complexity index is 652. The molecule has 0 amide bonds. The van der Waals surface area contributed by atoms with Gasteiger partial charge in [0, 0.05) is 8.95 Å². The summed E-state index contributed by atoms with van der Waals surface area (Å²) in [5.74, 6) is 0.773. The Morgan fingerprint density at radius 2 is 1.84 bits per heavy atom. The summed E-state index contributed by atoms with van der Waals surface area (Å²) >= 11 is 6.84. The Hall–Kier alpha value is -1.13. The van der Waals surface area contributed by atoms with Crippen LogP contribution in [-0.4, -0.2) is 5.78 Å². The number of hydrogen-bond acceptors (Lipinski definition) is 2. The van der Waals surface area contributed by atoms with Gasteiger partial charge < -0.3 is 4.74 Å². The fourth-order valence-corrected chi connectivity index (χ4v) is 2.95. The van der Waals surface area contributed by atoms with Gasteiger partial charge in [-0.1, -0.05) is 44.0 Å². The molecule has 0 aromatic heterocycles. The molecule has 0 bridgehead atoms. The molecule has 19 heavy (non-hydrogen) atoms. The predicted octanol–water partition coefficient (Wildman–Crippen LogP) is 4.92. The highest BCUT2D eigenvalue weighted by Crippen LogP contribution is 2.36. The predicted molar refractivity (Wildman–Crippen MR) is 80.6 cm³/mol. The van der Waals surface area contributed by atoms with Crippen molar-refractivity contribution in [3.63, 3.8) is 0 Å². The maximum absolute atomic E-state index is 12.2. The van der Waals surface area contributed by atoms with Gasteiger partial charge >= 0.3 is 0 Å². The third-order valence-corrected chi connectivity index (χ3v) is 4.09. The van der Waals surface area contributed by atoms with Crippen LogP contribution in [0.1, 0.15) is 28.4 Å². The van der Waals surface area contributed by atoms with Crippen LogP contribution in [0, 0.1) is 0 Å². The molecule has 96 valence electrons. The van der Waals surface area contributed by atoms with E-state index < -0.39 is 0 Å². The van der Waals surface area contributed by atoms with Gasteiger partial charge in [-0.15, -0.1) is 0 Å². The normalized spacial score (nSPS) is 17.8. The van der Waals surface area contributed by atoms with Gasteiger partial charge in [-0.25, -0.2) is 0 Å². The van der Waals surface area contributed by atoms with Gasteiger partial charge in [0.05, 0.1) is 12.0 Å². The average Bonchev–Trinajstić information content (AvgIpc) is 2.38. The van der Waals surface area contributed by atoms with Gasteiger partial charge in [0.15, 0.2) is 5.78 Å². The molecule has 1 unspecified atom stereocenters. The minimum Gasteiger partial charge on any atom is -0.484 e. The van der Waals surface area contributed by atoms with Gasteiger partial charge in [0.25, 0.3) is 0 Å². The summed E-state index contributed by atoms with van der Waals surface area (Å²) < 4.78 is 7.85. The van der Waals surface area contributed by atoms with Gasteiger partial charge in [-0.3, -0.25) is 4.79 Å².